The van der Waals surface area contributed by atoms with Crippen molar-refractivity contribution in [3.8, 4) is 0 Å². The molecule has 14 heavy (non-hydrogen) atoms. The number of amides is 2. The van der Waals surface area contributed by atoms with E-state index in [1.165, 1.54) is 11.3 Å². The molecular weight excluding hydrogens is 202 g/mol. The molecule has 5 nitrogen and oxygen atoms in total. The molecule has 0 radical (unpaired) electrons. The summed E-state index contributed by atoms with van der Waals surface area (Å²) in [5.74, 6) is -0.733. The summed E-state index contributed by atoms with van der Waals surface area (Å²) in [5.41, 5.74) is 5.46. The lowest BCUT2D eigenvalue weighted by atomic mass is 10.3. The summed E-state index contributed by atoms with van der Waals surface area (Å²) in [4.78, 5) is 22.1. The van der Waals surface area contributed by atoms with Gasteiger partial charge in [0.1, 0.15) is 5.00 Å². The molecule has 1 rings (SSSR count). The first kappa shape index (κ1) is 10.7. The average Bonchev–Trinajstić information content (AvgIpc) is 2.52. The Morgan fingerprint density at radius 2 is 2.29 bits per heavy atom. The van der Waals surface area contributed by atoms with Crippen LogP contribution in [0.2, 0.25) is 0 Å². The standard InChI is InChI=1S/C8H11N3O2S/c1-10-4-6(12)11-8-5(7(9)13)2-3-14-8/h2-3,10H,4H2,1H3,(H2,9,13)(H,11,12). The van der Waals surface area contributed by atoms with E-state index in [1.54, 1.807) is 18.5 Å². The predicted octanol–water partition coefficient (Wildman–Crippen LogP) is 0.00490. The highest BCUT2D eigenvalue weighted by molar-refractivity contribution is 7.14. The second-order valence-corrected chi connectivity index (χ2v) is 3.52. The normalized spacial score (nSPS) is 9.79. The van der Waals surface area contributed by atoms with Crippen LogP contribution in [0.4, 0.5) is 5.00 Å². The van der Waals surface area contributed by atoms with Crippen molar-refractivity contribution in [2.45, 2.75) is 0 Å². The molecule has 6 heteroatoms. The lowest BCUT2D eigenvalue weighted by Gasteiger charge is -2.03. The van der Waals surface area contributed by atoms with Crippen molar-refractivity contribution in [3.63, 3.8) is 0 Å². The Morgan fingerprint density at radius 3 is 2.86 bits per heavy atom. The molecule has 0 spiro atoms. The molecule has 1 heterocycles. The summed E-state index contributed by atoms with van der Waals surface area (Å²) in [6, 6.07) is 1.59. The topological polar surface area (TPSA) is 84.2 Å². The Balaban J connectivity index is 2.71. The number of hydrogen-bond acceptors (Lipinski definition) is 4. The van der Waals surface area contributed by atoms with E-state index >= 15 is 0 Å². The number of rotatable bonds is 4. The fraction of sp³-hybridized carbons (Fsp3) is 0.250. The van der Waals surface area contributed by atoms with Gasteiger partial charge in [0.25, 0.3) is 5.91 Å². The van der Waals surface area contributed by atoms with Crippen molar-refractivity contribution in [1.29, 1.82) is 0 Å². The molecular formula is C8H11N3O2S. The van der Waals surface area contributed by atoms with Gasteiger partial charge in [-0.15, -0.1) is 11.3 Å². The predicted molar refractivity (Wildman–Crippen MR) is 55.4 cm³/mol. The van der Waals surface area contributed by atoms with Gasteiger partial charge < -0.3 is 16.4 Å². The van der Waals surface area contributed by atoms with Gasteiger partial charge in [-0.2, -0.15) is 0 Å². The van der Waals surface area contributed by atoms with Crippen LogP contribution < -0.4 is 16.4 Å². The molecule has 0 fully saturated rings. The molecule has 0 saturated heterocycles. The van der Waals surface area contributed by atoms with Gasteiger partial charge in [0.05, 0.1) is 12.1 Å². The number of nitrogens with two attached hydrogens (primary N) is 1. The minimum atomic E-state index is -0.536. The van der Waals surface area contributed by atoms with Crippen LogP contribution >= 0.6 is 11.3 Å². The molecule has 0 aromatic carbocycles. The van der Waals surface area contributed by atoms with Gasteiger partial charge in [-0.25, -0.2) is 0 Å². The van der Waals surface area contributed by atoms with Gasteiger partial charge >= 0.3 is 0 Å². The Bertz CT molecular complexity index is 348. The molecule has 0 aliphatic rings. The molecule has 0 bridgehead atoms. The second kappa shape index (κ2) is 4.73. The summed E-state index contributed by atoms with van der Waals surface area (Å²) in [5, 5.41) is 7.50. The zero-order chi connectivity index (χ0) is 10.6. The molecule has 0 saturated carbocycles. The van der Waals surface area contributed by atoms with Crippen molar-refractivity contribution in [2.75, 3.05) is 18.9 Å². The Morgan fingerprint density at radius 1 is 1.57 bits per heavy atom. The summed E-state index contributed by atoms with van der Waals surface area (Å²) in [6.07, 6.45) is 0. The number of carbonyl (C=O) groups excluding carboxylic acids is 2. The van der Waals surface area contributed by atoms with Crippen LogP contribution in [0.1, 0.15) is 10.4 Å². The number of nitrogens with one attached hydrogen (secondary N) is 2. The lowest BCUT2D eigenvalue weighted by Crippen LogP contribution is -2.25. The first-order valence-electron chi connectivity index (χ1n) is 3.97. The highest BCUT2D eigenvalue weighted by Crippen LogP contribution is 2.22. The van der Waals surface area contributed by atoms with Crippen molar-refractivity contribution in [2.24, 2.45) is 5.73 Å². The second-order valence-electron chi connectivity index (χ2n) is 2.61. The number of thiophene rings is 1. The van der Waals surface area contributed by atoms with E-state index in [9.17, 15) is 9.59 Å². The summed E-state index contributed by atoms with van der Waals surface area (Å²) < 4.78 is 0. The van der Waals surface area contributed by atoms with Crippen LogP contribution in [0.5, 0.6) is 0 Å². The van der Waals surface area contributed by atoms with Crippen molar-refractivity contribution in [3.05, 3.63) is 17.0 Å². The van der Waals surface area contributed by atoms with Gasteiger partial charge in [-0.05, 0) is 18.5 Å². The zero-order valence-corrected chi connectivity index (χ0v) is 8.48. The van der Waals surface area contributed by atoms with Crippen molar-refractivity contribution < 1.29 is 9.59 Å². The molecule has 0 aliphatic carbocycles. The number of carbonyl (C=O) groups is 2. The van der Waals surface area contributed by atoms with E-state index in [0.717, 1.165) is 0 Å². The molecule has 4 N–H and O–H groups in total. The van der Waals surface area contributed by atoms with E-state index in [1.807, 2.05) is 0 Å². The maximum absolute atomic E-state index is 11.2. The van der Waals surface area contributed by atoms with E-state index in [4.69, 9.17) is 5.73 Å². The number of anilines is 1. The third-order valence-electron chi connectivity index (χ3n) is 1.52. The molecule has 0 aliphatic heterocycles. The van der Waals surface area contributed by atoms with Crippen molar-refractivity contribution >= 4 is 28.2 Å². The molecule has 76 valence electrons. The number of hydrogen-bond donors (Lipinski definition) is 3. The average molecular weight is 213 g/mol. The van der Waals surface area contributed by atoms with Crippen LogP contribution in [0.15, 0.2) is 11.4 Å². The Labute approximate surface area is 85.3 Å². The van der Waals surface area contributed by atoms with Gasteiger partial charge in [0, 0.05) is 0 Å². The van der Waals surface area contributed by atoms with Gasteiger partial charge in [0.15, 0.2) is 0 Å². The Kier molecular flexibility index (Phi) is 3.61. The molecule has 0 atom stereocenters. The fourth-order valence-corrected chi connectivity index (χ4v) is 1.74. The lowest BCUT2D eigenvalue weighted by molar-refractivity contribution is -0.115. The molecule has 0 unspecified atom stereocenters. The molecule has 1 aromatic rings. The SMILES string of the molecule is CNCC(=O)Nc1sccc1C(N)=O. The largest absolute Gasteiger partial charge is 0.366 e. The minimum absolute atomic E-state index is 0.197. The zero-order valence-electron chi connectivity index (χ0n) is 7.66. The van der Waals surface area contributed by atoms with Gasteiger partial charge in [-0.3, -0.25) is 9.59 Å². The van der Waals surface area contributed by atoms with E-state index in [0.29, 0.717) is 10.6 Å². The van der Waals surface area contributed by atoms with E-state index in [2.05, 4.69) is 10.6 Å². The maximum Gasteiger partial charge on any atom is 0.251 e. The van der Waals surface area contributed by atoms with Crippen LogP contribution in [-0.2, 0) is 4.79 Å². The summed E-state index contributed by atoms with van der Waals surface area (Å²) in [7, 11) is 1.67. The number of primary amides is 1. The highest BCUT2D eigenvalue weighted by Gasteiger charge is 2.11. The first-order valence-corrected chi connectivity index (χ1v) is 4.85. The van der Waals surface area contributed by atoms with E-state index < -0.39 is 5.91 Å². The van der Waals surface area contributed by atoms with Crippen LogP contribution in [-0.4, -0.2) is 25.4 Å². The molecule has 1 aromatic heterocycles. The quantitative estimate of drug-likeness (QED) is 0.658. The summed E-state index contributed by atoms with van der Waals surface area (Å²) >= 11 is 1.27. The summed E-state index contributed by atoms with van der Waals surface area (Å²) in [6.45, 7) is 0.204. The number of likely N-dealkylation sites (N-methyl/N-ethyl adjacent to an activating group) is 1. The highest BCUT2D eigenvalue weighted by atomic mass is 32.1. The van der Waals surface area contributed by atoms with Crippen molar-refractivity contribution in [1.82, 2.24) is 5.32 Å². The maximum atomic E-state index is 11.2. The fourth-order valence-electron chi connectivity index (χ4n) is 0.931. The van der Waals surface area contributed by atoms with Crippen LogP contribution in [0, 0.1) is 0 Å². The third kappa shape index (κ3) is 2.54. The minimum Gasteiger partial charge on any atom is -0.366 e. The van der Waals surface area contributed by atoms with Crippen LogP contribution in [0.3, 0.4) is 0 Å². The van der Waals surface area contributed by atoms with E-state index in [-0.39, 0.29) is 12.5 Å². The van der Waals surface area contributed by atoms with Crippen LogP contribution in [0.25, 0.3) is 0 Å². The monoisotopic (exact) mass is 213 g/mol. The first-order chi connectivity index (χ1) is 6.65. The molecule has 2 amide bonds. The van der Waals surface area contributed by atoms with Gasteiger partial charge in [0.2, 0.25) is 5.91 Å². The third-order valence-corrected chi connectivity index (χ3v) is 2.35. The smallest absolute Gasteiger partial charge is 0.251 e. The van der Waals surface area contributed by atoms with Gasteiger partial charge in [-0.1, -0.05) is 0 Å². The Hall–Kier alpha value is -1.40.